The maximum absolute atomic E-state index is 9.64. The van der Waals surface area contributed by atoms with Crippen molar-refractivity contribution in [1.82, 2.24) is 0 Å². The number of hydrogen-bond acceptors (Lipinski definition) is 4. The monoisotopic (exact) mass is 369 g/mol. The predicted octanol–water partition coefficient (Wildman–Crippen LogP) is 3.41. The molecule has 3 heterocycles. The molecule has 6 heteroatoms. The van der Waals surface area contributed by atoms with E-state index in [2.05, 4.69) is 38.9 Å². The number of nitrogens with zero attached hydrogens (tertiary/aromatic N) is 3. The Bertz CT molecular complexity index is 746. The number of nitriles is 2. The van der Waals surface area contributed by atoms with Gasteiger partial charge in [0.1, 0.15) is 11.8 Å². The highest BCUT2D eigenvalue weighted by Gasteiger charge is 2.50. The fourth-order valence-corrected chi connectivity index (χ4v) is 5.02. The maximum atomic E-state index is 9.64. The van der Waals surface area contributed by atoms with Crippen LogP contribution in [0.25, 0.3) is 0 Å². The second-order valence-electron chi connectivity index (χ2n) is 7.04. The summed E-state index contributed by atoms with van der Waals surface area (Å²) in [7, 11) is 0. The Balaban J connectivity index is 1.66. The van der Waals surface area contributed by atoms with Crippen molar-refractivity contribution in [3.05, 3.63) is 21.7 Å². The highest BCUT2D eigenvalue weighted by atomic mass is 79.9. The van der Waals surface area contributed by atoms with Crippen molar-refractivity contribution in [2.75, 3.05) is 24.6 Å². The molecule has 0 unspecified atom stereocenters. The van der Waals surface area contributed by atoms with Gasteiger partial charge in [0, 0.05) is 19.1 Å². The zero-order chi connectivity index (χ0) is 16.0. The average Bonchev–Trinajstić information content (AvgIpc) is 2.98. The van der Waals surface area contributed by atoms with Gasteiger partial charge in [0.2, 0.25) is 0 Å². The number of hydrogen-bond donors (Lipinski definition) is 0. The number of halogens is 1. The summed E-state index contributed by atoms with van der Waals surface area (Å²) >= 11 is 3.59. The number of aryl methyl sites for hydroxylation is 1. The summed E-state index contributed by atoms with van der Waals surface area (Å²) in [5.41, 5.74) is 3.20. The molecule has 2 fully saturated rings. The molecule has 3 aliphatic rings. The van der Waals surface area contributed by atoms with Gasteiger partial charge >= 0.3 is 0 Å². The van der Waals surface area contributed by atoms with Crippen molar-refractivity contribution in [3.8, 4) is 17.8 Å². The molecule has 0 saturated carbocycles. The minimum Gasteiger partial charge on any atom is -0.492 e. The number of anilines is 1. The summed E-state index contributed by atoms with van der Waals surface area (Å²) in [5, 5.41) is 18.7. The Morgan fingerprint density at radius 1 is 1.35 bits per heavy atom. The van der Waals surface area contributed by atoms with Crippen molar-refractivity contribution in [1.29, 1.82) is 10.5 Å². The third-order valence-corrected chi connectivity index (χ3v) is 6.30. The average molecular weight is 370 g/mol. The minimum atomic E-state index is 0.231. The van der Waals surface area contributed by atoms with Gasteiger partial charge in [0.05, 0.1) is 22.3 Å². The molecule has 0 aromatic heterocycles. The van der Waals surface area contributed by atoms with Gasteiger partial charge in [-0.2, -0.15) is 5.26 Å². The predicted molar refractivity (Wildman–Crippen MR) is 92.9 cm³/mol. The summed E-state index contributed by atoms with van der Waals surface area (Å²) in [6.45, 7) is 2.89. The first-order valence-corrected chi connectivity index (χ1v) is 8.98. The van der Waals surface area contributed by atoms with Crippen LogP contribution in [-0.4, -0.2) is 26.4 Å². The molecule has 4 rings (SSSR count). The summed E-state index contributed by atoms with van der Waals surface area (Å²) in [5.74, 6) is 3.23. The largest absolute Gasteiger partial charge is 0.492 e. The lowest BCUT2D eigenvalue weighted by molar-refractivity contribution is 0.286. The molecule has 0 radical (unpaired) electrons. The van der Waals surface area contributed by atoms with Crippen molar-refractivity contribution in [2.45, 2.75) is 31.9 Å². The van der Waals surface area contributed by atoms with E-state index in [1.165, 1.54) is 5.56 Å². The van der Waals surface area contributed by atoms with Crippen LogP contribution in [0.15, 0.2) is 10.5 Å². The zero-order valence-electron chi connectivity index (χ0n) is 12.9. The van der Waals surface area contributed by atoms with E-state index in [-0.39, 0.29) is 6.71 Å². The van der Waals surface area contributed by atoms with Crippen LogP contribution in [0, 0.1) is 28.0 Å². The molecule has 0 aliphatic carbocycles. The van der Waals surface area contributed by atoms with E-state index >= 15 is 0 Å². The SMILES string of the molecule is N#CB1CC2(CCN(c3cc4c(c(Br)c3C#N)OCCC4)C2)C1. The second kappa shape index (κ2) is 5.46. The van der Waals surface area contributed by atoms with E-state index in [0.29, 0.717) is 11.0 Å². The Morgan fingerprint density at radius 3 is 2.91 bits per heavy atom. The van der Waals surface area contributed by atoms with Crippen LogP contribution in [0.3, 0.4) is 0 Å². The molecule has 0 atom stereocenters. The topological polar surface area (TPSA) is 60.0 Å². The molecule has 2 saturated heterocycles. The quantitative estimate of drug-likeness (QED) is 0.711. The first-order valence-electron chi connectivity index (χ1n) is 8.19. The first-order chi connectivity index (χ1) is 11.2. The fraction of sp³-hybridized carbons (Fsp3) is 0.529. The lowest BCUT2D eigenvalue weighted by Gasteiger charge is -2.40. The molecule has 1 spiro atoms. The van der Waals surface area contributed by atoms with E-state index in [4.69, 9.17) is 10.00 Å². The van der Waals surface area contributed by atoms with Crippen LogP contribution in [0.2, 0.25) is 12.6 Å². The molecule has 4 nitrogen and oxygen atoms in total. The maximum Gasteiger partial charge on any atom is 0.269 e. The second-order valence-corrected chi connectivity index (χ2v) is 7.84. The van der Waals surface area contributed by atoms with Crippen LogP contribution < -0.4 is 9.64 Å². The van der Waals surface area contributed by atoms with Gasteiger partial charge < -0.3 is 9.64 Å². The van der Waals surface area contributed by atoms with E-state index in [9.17, 15) is 5.26 Å². The Hall–Kier alpha value is -1.66. The summed E-state index contributed by atoms with van der Waals surface area (Å²) < 4.78 is 6.57. The number of rotatable bonds is 1. The van der Waals surface area contributed by atoms with Gasteiger partial charge in [-0.15, -0.1) is 0 Å². The van der Waals surface area contributed by atoms with Gasteiger partial charge in [-0.25, -0.2) is 5.26 Å². The standard InChI is InChI=1S/C17H17BBrN3O/c19-15-13(7-20)14(6-12-2-1-5-23-16(12)15)22-4-3-17(10-22)8-18(9-17)11-21/h6H,1-5,8-10H2. The normalized spacial score (nSPS) is 21.2. The van der Waals surface area contributed by atoms with E-state index in [1.807, 2.05) is 0 Å². The number of ether oxygens (including phenoxy) is 1. The fourth-order valence-electron chi connectivity index (χ4n) is 4.35. The Labute approximate surface area is 145 Å². The van der Waals surface area contributed by atoms with Gasteiger partial charge in [-0.3, -0.25) is 0 Å². The minimum absolute atomic E-state index is 0.231. The van der Waals surface area contributed by atoms with Crippen LogP contribution in [-0.2, 0) is 6.42 Å². The van der Waals surface area contributed by atoms with E-state index in [0.717, 1.165) is 67.5 Å². The van der Waals surface area contributed by atoms with Gasteiger partial charge in [0.25, 0.3) is 6.71 Å². The van der Waals surface area contributed by atoms with Crippen LogP contribution in [0.4, 0.5) is 5.69 Å². The summed E-state index contributed by atoms with van der Waals surface area (Å²) in [4.78, 5) is 2.34. The molecule has 0 amide bonds. The summed E-state index contributed by atoms with van der Waals surface area (Å²) in [6, 6.07) is 4.50. The molecular formula is C17H17BBrN3O. The van der Waals surface area contributed by atoms with E-state index < -0.39 is 0 Å². The third-order valence-electron chi connectivity index (χ3n) is 5.55. The van der Waals surface area contributed by atoms with E-state index in [1.54, 1.807) is 0 Å². The van der Waals surface area contributed by atoms with Crippen LogP contribution in [0.5, 0.6) is 5.75 Å². The smallest absolute Gasteiger partial charge is 0.269 e. The molecule has 116 valence electrons. The molecule has 23 heavy (non-hydrogen) atoms. The van der Waals surface area contributed by atoms with Crippen LogP contribution in [0.1, 0.15) is 24.0 Å². The molecule has 1 aromatic carbocycles. The van der Waals surface area contributed by atoms with Crippen molar-refractivity contribution >= 4 is 28.3 Å². The highest BCUT2D eigenvalue weighted by molar-refractivity contribution is 9.10. The highest BCUT2D eigenvalue weighted by Crippen LogP contribution is 2.51. The number of fused-ring (bicyclic) bond motifs is 1. The summed E-state index contributed by atoms with van der Waals surface area (Å²) in [6.07, 6.45) is 5.18. The molecule has 1 aromatic rings. The molecular weight excluding hydrogens is 353 g/mol. The Kier molecular flexibility index (Phi) is 3.54. The lowest BCUT2D eigenvalue weighted by Crippen LogP contribution is -2.43. The Morgan fingerprint density at radius 2 is 2.17 bits per heavy atom. The third kappa shape index (κ3) is 2.32. The van der Waals surface area contributed by atoms with Crippen LogP contribution >= 0.6 is 15.9 Å². The van der Waals surface area contributed by atoms with Gasteiger partial charge in [-0.05, 0) is 52.2 Å². The van der Waals surface area contributed by atoms with Crippen molar-refractivity contribution < 1.29 is 4.74 Å². The lowest BCUT2D eigenvalue weighted by atomic mass is 9.27. The van der Waals surface area contributed by atoms with Crippen molar-refractivity contribution in [3.63, 3.8) is 0 Å². The van der Waals surface area contributed by atoms with Gasteiger partial charge in [-0.1, -0.05) is 12.6 Å². The first kappa shape index (κ1) is 14.9. The number of benzene rings is 1. The molecule has 0 N–H and O–H groups in total. The molecule has 0 bridgehead atoms. The van der Waals surface area contributed by atoms with Crippen molar-refractivity contribution in [2.24, 2.45) is 5.41 Å². The molecule has 3 aliphatic heterocycles. The van der Waals surface area contributed by atoms with Gasteiger partial charge in [0.15, 0.2) is 0 Å². The zero-order valence-corrected chi connectivity index (χ0v) is 14.5.